The van der Waals surface area contributed by atoms with Crippen molar-refractivity contribution >= 4 is 23.2 Å². The summed E-state index contributed by atoms with van der Waals surface area (Å²) in [6.45, 7) is 0. The summed E-state index contributed by atoms with van der Waals surface area (Å²) in [5, 5.41) is 1.50. The third-order valence-electron chi connectivity index (χ3n) is 3.20. The molecule has 0 unspecified atom stereocenters. The minimum atomic E-state index is 0.749. The van der Waals surface area contributed by atoms with Crippen LogP contribution in [-0.2, 0) is 0 Å². The van der Waals surface area contributed by atoms with Crippen LogP contribution in [0, 0.1) is 0 Å². The van der Waals surface area contributed by atoms with E-state index in [4.69, 9.17) is 23.2 Å². The van der Waals surface area contributed by atoms with Gasteiger partial charge in [0.15, 0.2) is 0 Å². The monoisotopic (exact) mass is 298 g/mol. The van der Waals surface area contributed by atoms with E-state index < -0.39 is 0 Å². The van der Waals surface area contributed by atoms with Crippen LogP contribution in [0.3, 0.4) is 0 Å². The summed E-state index contributed by atoms with van der Waals surface area (Å²) in [5.41, 5.74) is 4.59. The largest absolute Gasteiger partial charge is 0.0843 e. The van der Waals surface area contributed by atoms with Gasteiger partial charge in [-0.2, -0.15) is 0 Å². The molecule has 2 heteroatoms. The van der Waals surface area contributed by atoms with Gasteiger partial charge in [-0.3, -0.25) is 0 Å². The molecule has 20 heavy (non-hydrogen) atoms. The fourth-order valence-electron chi connectivity index (χ4n) is 2.19. The molecule has 0 spiro atoms. The predicted molar refractivity (Wildman–Crippen MR) is 87.3 cm³/mol. The highest BCUT2D eigenvalue weighted by Crippen LogP contribution is 2.28. The zero-order valence-electron chi connectivity index (χ0n) is 10.7. The highest BCUT2D eigenvalue weighted by atomic mass is 35.5. The fraction of sp³-hybridized carbons (Fsp3) is 0. The molecule has 3 aromatic carbocycles. The molecule has 0 saturated heterocycles. The Balaban J connectivity index is 2.03. The van der Waals surface area contributed by atoms with Crippen LogP contribution in [0.25, 0.3) is 22.3 Å². The van der Waals surface area contributed by atoms with E-state index in [0.717, 1.165) is 26.7 Å². The molecule has 0 saturated carbocycles. The molecule has 0 aliphatic heterocycles. The Labute approximate surface area is 128 Å². The molecular formula is C18H12Cl2. The van der Waals surface area contributed by atoms with Gasteiger partial charge in [-0.05, 0) is 52.6 Å². The highest BCUT2D eigenvalue weighted by molar-refractivity contribution is 6.31. The van der Waals surface area contributed by atoms with Crippen LogP contribution in [0.5, 0.6) is 0 Å². The zero-order chi connectivity index (χ0) is 13.9. The second-order valence-electron chi connectivity index (χ2n) is 4.60. The Morgan fingerprint density at radius 2 is 1.00 bits per heavy atom. The van der Waals surface area contributed by atoms with Gasteiger partial charge in [0.1, 0.15) is 0 Å². The van der Waals surface area contributed by atoms with Crippen LogP contribution in [0.15, 0.2) is 72.8 Å². The second kappa shape index (κ2) is 5.70. The average Bonchev–Trinajstić information content (AvgIpc) is 2.48. The zero-order valence-corrected chi connectivity index (χ0v) is 12.2. The topological polar surface area (TPSA) is 0 Å². The summed E-state index contributed by atoms with van der Waals surface area (Å²) >= 11 is 12.0. The van der Waals surface area contributed by atoms with Gasteiger partial charge in [-0.15, -0.1) is 0 Å². The molecule has 0 bridgehead atoms. The lowest BCUT2D eigenvalue weighted by Gasteiger charge is -2.06. The third-order valence-corrected chi connectivity index (χ3v) is 3.69. The number of rotatable bonds is 2. The molecule has 0 heterocycles. The van der Waals surface area contributed by atoms with Crippen LogP contribution in [-0.4, -0.2) is 0 Å². The molecule has 0 aliphatic rings. The first-order valence-corrected chi connectivity index (χ1v) is 7.10. The third kappa shape index (κ3) is 2.87. The van der Waals surface area contributed by atoms with E-state index >= 15 is 0 Å². The first kappa shape index (κ1) is 13.2. The van der Waals surface area contributed by atoms with Gasteiger partial charge >= 0.3 is 0 Å². The van der Waals surface area contributed by atoms with Crippen LogP contribution < -0.4 is 0 Å². The maximum atomic E-state index is 6.05. The number of benzene rings is 3. The van der Waals surface area contributed by atoms with E-state index in [1.807, 2.05) is 42.5 Å². The van der Waals surface area contributed by atoms with E-state index in [1.165, 1.54) is 5.56 Å². The molecule has 0 aromatic heterocycles. The van der Waals surface area contributed by atoms with Gasteiger partial charge in [-0.1, -0.05) is 65.7 Å². The fourth-order valence-corrected chi connectivity index (χ4v) is 2.50. The minimum Gasteiger partial charge on any atom is -0.0843 e. The predicted octanol–water partition coefficient (Wildman–Crippen LogP) is 6.33. The van der Waals surface area contributed by atoms with E-state index in [0.29, 0.717) is 0 Å². The molecule has 0 fully saturated rings. The number of halogens is 2. The Bertz CT molecular complexity index is 730. The van der Waals surface area contributed by atoms with Crippen LogP contribution in [0.2, 0.25) is 10.0 Å². The van der Waals surface area contributed by atoms with Gasteiger partial charge in [0.25, 0.3) is 0 Å². The number of hydrogen-bond acceptors (Lipinski definition) is 0. The maximum absolute atomic E-state index is 6.05. The summed E-state index contributed by atoms with van der Waals surface area (Å²) in [5.74, 6) is 0. The summed E-state index contributed by atoms with van der Waals surface area (Å²) in [6.07, 6.45) is 0. The van der Waals surface area contributed by atoms with Crippen LogP contribution in [0.4, 0.5) is 0 Å². The Morgan fingerprint density at radius 1 is 0.450 bits per heavy atom. The van der Waals surface area contributed by atoms with E-state index in [2.05, 4.69) is 30.3 Å². The normalized spacial score (nSPS) is 10.5. The van der Waals surface area contributed by atoms with Gasteiger partial charge in [-0.25, -0.2) is 0 Å². The van der Waals surface area contributed by atoms with Crippen molar-refractivity contribution in [3.8, 4) is 22.3 Å². The van der Waals surface area contributed by atoms with Crippen molar-refractivity contribution in [3.63, 3.8) is 0 Å². The standard InChI is InChI=1S/C18H12Cl2/c19-17-9-7-13(8-10-17)14-3-1-4-15(11-14)16-5-2-6-18(20)12-16/h1-12H. The van der Waals surface area contributed by atoms with Crippen molar-refractivity contribution in [2.45, 2.75) is 0 Å². The van der Waals surface area contributed by atoms with Crippen molar-refractivity contribution in [1.29, 1.82) is 0 Å². The summed E-state index contributed by atoms with van der Waals surface area (Å²) in [6, 6.07) is 24.2. The molecule has 0 aliphatic carbocycles. The van der Waals surface area contributed by atoms with Gasteiger partial charge in [0.05, 0.1) is 0 Å². The molecule has 0 atom stereocenters. The molecule has 0 N–H and O–H groups in total. The molecule has 0 nitrogen and oxygen atoms in total. The SMILES string of the molecule is Clc1ccc(-c2cccc(-c3cccc(Cl)c3)c2)cc1. The van der Waals surface area contributed by atoms with Crippen LogP contribution in [0.1, 0.15) is 0 Å². The van der Waals surface area contributed by atoms with Crippen LogP contribution >= 0.6 is 23.2 Å². The van der Waals surface area contributed by atoms with Crippen molar-refractivity contribution < 1.29 is 0 Å². The van der Waals surface area contributed by atoms with Crippen molar-refractivity contribution in [2.75, 3.05) is 0 Å². The smallest absolute Gasteiger partial charge is 0.0412 e. The molecule has 98 valence electrons. The number of hydrogen-bond donors (Lipinski definition) is 0. The van der Waals surface area contributed by atoms with Crippen molar-refractivity contribution in [1.82, 2.24) is 0 Å². The quantitative estimate of drug-likeness (QED) is 0.519. The first-order chi connectivity index (χ1) is 9.72. The molecule has 3 aromatic rings. The Morgan fingerprint density at radius 3 is 1.65 bits per heavy atom. The molecule has 0 radical (unpaired) electrons. The Hall–Kier alpha value is -1.76. The highest BCUT2D eigenvalue weighted by Gasteiger charge is 2.02. The summed E-state index contributed by atoms with van der Waals surface area (Å²) < 4.78 is 0. The summed E-state index contributed by atoms with van der Waals surface area (Å²) in [7, 11) is 0. The van der Waals surface area contributed by atoms with Crippen molar-refractivity contribution in [3.05, 3.63) is 82.8 Å². The first-order valence-electron chi connectivity index (χ1n) is 6.34. The minimum absolute atomic E-state index is 0.749. The molecule has 0 amide bonds. The second-order valence-corrected chi connectivity index (χ2v) is 5.47. The Kier molecular flexibility index (Phi) is 3.77. The van der Waals surface area contributed by atoms with E-state index in [-0.39, 0.29) is 0 Å². The average molecular weight is 299 g/mol. The lowest BCUT2D eigenvalue weighted by atomic mass is 9.99. The lowest BCUT2D eigenvalue weighted by Crippen LogP contribution is -1.81. The summed E-state index contributed by atoms with van der Waals surface area (Å²) in [4.78, 5) is 0. The van der Waals surface area contributed by atoms with Crippen molar-refractivity contribution in [2.24, 2.45) is 0 Å². The van der Waals surface area contributed by atoms with Gasteiger partial charge in [0.2, 0.25) is 0 Å². The van der Waals surface area contributed by atoms with E-state index in [9.17, 15) is 0 Å². The van der Waals surface area contributed by atoms with Gasteiger partial charge < -0.3 is 0 Å². The lowest BCUT2D eigenvalue weighted by molar-refractivity contribution is 1.59. The molecule has 3 rings (SSSR count). The van der Waals surface area contributed by atoms with Gasteiger partial charge in [0, 0.05) is 10.0 Å². The van der Waals surface area contributed by atoms with E-state index in [1.54, 1.807) is 0 Å². The molecular weight excluding hydrogens is 287 g/mol. The maximum Gasteiger partial charge on any atom is 0.0412 e.